The number of piperidine rings is 1. The molecule has 2 fully saturated rings. The van der Waals surface area contributed by atoms with Crippen molar-refractivity contribution in [1.29, 1.82) is 0 Å². The number of methoxy groups -OCH3 is 1. The minimum absolute atomic E-state index is 0.0756. The van der Waals surface area contributed by atoms with Gasteiger partial charge in [-0.2, -0.15) is 4.31 Å². The summed E-state index contributed by atoms with van der Waals surface area (Å²) < 4.78 is 37.9. The van der Waals surface area contributed by atoms with Crippen LogP contribution < -0.4 is 10.1 Å². The molecule has 1 spiro atoms. The Morgan fingerprint density at radius 3 is 2.62 bits per heavy atom. The van der Waals surface area contributed by atoms with Crippen LogP contribution in [0.2, 0.25) is 0 Å². The van der Waals surface area contributed by atoms with E-state index in [9.17, 15) is 18.0 Å². The second-order valence-corrected chi connectivity index (χ2v) is 10.7. The molecule has 2 amide bonds. The Bertz CT molecular complexity index is 1150. The number of nitrogens with zero attached hydrogens (tertiary/aromatic N) is 2. The van der Waals surface area contributed by atoms with Crippen LogP contribution in [-0.4, -0.2) is 69.3 Å². The largest absolute Gasteiger partial charge is 0.497 e. The van der Waals surface area contributed by atoms with Crippen molar-refractivity contribution < 1.29 is 27.2 Å². The maximum Gasteiger partial charge on any atom is 0.244 e. The van der Waals surface area contributed by atoms with E-state index in [2.05, 4.69) is 5.32 Å². The minimum atomic E-state index is -3.60. The fraction of sp³-hybridized carbons (Fsp3) is 0.417. The maximum absolute atomic E-state index is 13.1. The van der Waals surface area contributed by atoms with E-state index < -0.39 is 10.0 Å². The number of likely N-dealkylation sites (tertiary alicyclic amines) is 1. The lowest BCUT2D eigenvalue weighted by molar-refractivity contribution is -0.131. The standard InChI is InChI=1S/C24H29N3O6S/c1-32-20-4-2-6-21(16-20)34(30,31)27-13-10-24(11-14-27)9-12-26(18-24)23(29)17-25-22(28)8-7-19-5-3-15-33-19/h2-8,15-16H,9-14,17-18H2,1H3,(H,25,28). The molecule has 0 atom stereocenters. The Hall–Kier alpha value is -3.11. The number of carbonyl (C=O) groups excluding carboxylic acids is 2. The molecule has 9 nitrogen and oxygen atoms in total. The van der Waals surface area contributed by atoms with Gasteiger partial charge in [0.15, 0.2) is 0 Å². The number of rotatable bonds is 7. The van der Waals surface area contributed by atoms with Gasteiger partial charge in [0.25, 0.3) is 0 Å². The van der Waals surface area contributed by atoms with Crippen molar-refractivity contribution in [1.82, 2.24) is 14.5 Å². The first-order valence-electron chi connectivity index (χ1n) is 11.2. The average molecular weight is 488 g/mol. The molecule has 0 saturated carbocycles. The van der Waals surface area contributed by atoms with E-state index in [4.69, 9.17) is 9.15 Å². The number of benzene rings is 1. The molecule has 34 heavy (non-hydrogen) atoms. The van der Waals surface area contributed by atoms with E-state index in [1.54, 1.807) is 35.2 Å². The number of sulfonamides is 1. The summed E-state index contributed by atoms with van der Waals surface area (Å²) in [6.45, 7) is 1.94. The molecule has 0 aliphatic carbocycles. The Morgan fingerprint density at radius 2 is 1.91 bits per heavy atom. The quantitative estimate of drug-likeness (QED) is 0.600. The Kier molecular flexibility index (Phi) is 7.08. The van der Waals surface area contributed by atoms with Gasteiger partial charge in [0.2, 0.25) is 21.8 Å². The van der Waals surface area contributed by atoms with Crippen molar-refractivity contribution in [2.24, 2.45) is 5.41 Å². The van der Waals surface area contributed by atoms with Crippen molar-refractivity contribution in [3.63, 3.8) is 0 Å². The Labute approximate surface area is 199 Å². The fourth-order valence-electron chi connectivity index (χ4n) is 4.55. The zero-order valence-electron chi connectivity index (χ0n) is 19.1. The highest BCUT2D eigenvalue weighted by atomic mass is 32.2. The lowest BCUT2D eigenvalue weighted by Gasteiger charge is -2.38. The predicted molar refractivity (Wildman–Crippen MR) is 125 cm³/mol. The van der Waals surface area contributed by atoms with Gasteiger partial charge in [-0.05, 0) is 55.0 Å². The molecule has 2 aliphatic rings. The predicted octanol–water partition coefficient (Wildman–Crippen LogP) is 2.12. The summed E-state index contributed by atoms with van der Waals surface area (Å²) in [5, 5.41) is 2.61. The van der Waals surface area contributed by atoms with Crippen LogP contribution in [0.25, 0.3) is 6.08 Å². The summed E-state index contributed by atoms with van der Waals surface area (Å²) in [7, 11) is -2.09. The SMILES string of the molecule is COc1cccc(S(=O)(=O)N2CCC3(CCN(C(=O)CNC(=O)C=Cc4ccco4)C3)CC2)c1. The number of amides is 2. The monoisotopic (exact) mass is 487 g/mol. The summed E-state index contributed by atoms with van der Waals surface area (Å²) in [4.78, 5) is 26.6. The lowest BCUT2D eigenvalue weighted by atomic mass is 9.78. The van der Waals surface area contributed by atoms with Gasteiger partial charge in [-0.3, -0.25) is 9.59 Å². The molecule has 0 radical (unpaired) electrons. The van der Waals surface area contributed by atoms with Crippen LogP contribution in [0.5, 0.6) is 5.75 Å². The summed E-state index contributed by atoms with van der Waals surface area (Å²) in [6, 6.07) is 9.95. The summed E-state index contributed by atoms with van der Waals surface area (Å²) in [5.41, 5.74) is -0.0841. The van der Waals surface area contributed by atoms with Crippen molar-refractivity contribution in [3.05, 3.63) is 54.5 Å². The number of hydrogen-bond acceptors (Lipinski definition) is 6. The molecule has 2 saturated heterocycles. The van der Waals surface area contributed by atoms with E-state index in [1.807, 2.05) is 0 Å². The Balaban J connectivity index is 1.28. The first-order valence-corrected chi connectivity index (χ1v) is 12.7. The van der Waals surface area contributed by atoms with E-state index in [1.165, 1.54) is 35.9 Å². The molecule has 10 heteroatoms. The van der Waals surface area contributed by atoms with Crippen LogP contribution in [0.15, 0.2) is 58.1 Å². The maximum atomic E-state index is 13.1. The van der Waals surface area contributed by atoms with Crippen LogP contribution in [-0.2, 0) is 19.6 Å². The number of carbonyl (C=O) groups is 2. The third-order valence-electron chi connectivity index (χ3n) is 6.61. The Morgan fingerprint density at radius 1 is 1.15 bits per heavy atom. The molecule has 4 rings (SSSR count). The number of furan rings is 1. The van der Waals surface area contributed by atoms with Crippen LogP contribution in [0, 0.1) is 5.41 Å². The van der Waals surface area contributed by atoms with Gasteiger partial charge in [-0.25, -0.2) is 8.42 Å². The number of hydrogen-bond donors (Lipinski definition) is 1. The molecule has 2 aliphatic heterocycles. The van der Waals surface area contributed by atoms with Crippen molar-refractivity contribution in [2.75, 3.05) is 39.8 Å². The van der Waals surface area contributed by atoms with E-state index in [-0.39, 0.29) is 28.7 Å². The molecule has 3 heterocycles. The summed E-state index contributed by atoms with van der Waals surface area (Å²) >= 11 is 0. The van der Waals surface area contributed by atoms with E-state index in [0.29, 0.717) is 50.5 Å². The van der Waals surface area contributed by atoms with Crippen LogP contribution in [0.3, 0.4) is 0 Å². The van der Waals surface area contributed by atoms with Crippen LogP contribution >= 0.6 is 0 Å². The minimum Gasteiger partial charge on any atom is -0.497 e. The molecular weight excluding hydrogens is 458 g/mol. The van der Waals surface area contributed by atoms with Crippen molar-refractivity contribution in [2.45, 2.75) is 24.2 Å². The van der Waals surface area contributed by atoms with E-state index in [0.717, 1.165) is 6.42 Å². The third kappa shape index (κ3) is 5.34. The fourth-order valence-corrected chi connectivity index (χ4v) is 6.02. The molecule has 1 aromatic heterocycles. The van der Waals surface area contributed by atoms with Gasteiger partial charge in [-0.15, -0.1) is 0 Å². The van der Waals surface area contributed by atoms with Gasteiger partial charge in [0.05, 0.1) is 24.8 Å². The second-order valence-electron chi connectivity index (χ2n) is 8.71. The summed E-state index contributed by atoms with van der Waals surface area (Å²) in [6.07, 6.45) is 6.60. The molecule has 1 N–H and O–H groups in total. The number of nitrogens with one attached hydrogen (secondary N) is 1. The van der Waals surface area contributed by atoms with E-state index >= 15 is 0 Å². The molecule has 0 unspecified atom stereocenters. The highest BCUT2D eigenvalue weighted by Gasteiger charge is 2.44. The first kappa shape index (κ1) is 24.0. The van der Waals surface area contributed by atoms with Crippen LogP contribution in [0.4, 0.5) is 0 Å². The van der Waals surface area contributed by atoms with Gasteiger partial charge in [0, 0.05) is 38.3 Å². The molecule has 2 aromatic rings. The van der Waals surface area contributed by atoms with Crippen LogP contribution in [0.1, 0.15) is 25.0 Å². The van der Waals surface area contributed by atoms with Crippen molar-refractivity contribution >= 4 is 27.9 Å². The molecule has 1 aromatic carbocycles. The highest BCUT2D eigenvalue weighted by molar-refractivity contribution is 7.89. The third-order valence-corrected chi connectivity index (χ3v) is 8.50. The zero-order chi connectivity index (χ0) is 24.2. The zero-order valence-corrected chi connectivity index (χ0v) is 19.9. The van der Waals surface area contributed by atoms with Gasteiger partial charge >= 0.3 is 0 Å². The first-order chi connectivity index (χ1) is 16.3. The van der Waals surface area contributed by atoms with Gasteiger partial charge < -0.3 is 19.4 Å². The summed E-state index contributed by atoms with van der Waals surface area (Å²) in [5.74, 6) is 0.559. The molecule has 182 valence electrons. The number of ether oxygens (including phenoxy) is 1. The van der Waals surface area contributed by atoms with Gasteiger partial charge in [0.1, 0.15) is 11.5 Å². The smallest absolute Gasteiger partial charge is 0.244 e. The molecule has 0 bridgehead atoms. The average Bonchev–Trinajstić information content (AvgIpc) is 3.52. The normalized spacial score (nSPS) is 18.4. The lowest BCUT2D eigenvalue weighted by Crippen LogP contribution is -2.45. The van der Waals surface area contributed by atoms with Crippen molar-refractivity contribution in [3.8, 4) is 5.75 Å². The second kappa shape index (κ2) is 10.0. The topological polar surface area (TPSA) is 109 Å². The molecular formula is C24H29N3O6S. The highest BCUT2D eigenvalue weighted by Crippen LogP contribution is 2.41. The van der Waals surface area contributed by atoms with Gasteiger partial charge in [-0.1, -0.05) is 6.07 Å².